The highest BCUT2D eigenvalue weighted by atomic mass is 16.3. The minimum Gasteiger partial charge on any atom is -0.507 e. The Morgan fingerprint density at radius 2 is 1.42 bits per heavy atom. The SMILES string of the molecule is Cc1cc(C)cc(-c2cc(O)c3c(=O)cc(-c4ccccc4)oc3c2)c1. The van der Waals surface area contributed by atoms with Gasteiger partial charge in [-0.2, -0.15) is 0 Å². The molecule has 0 unspecified atom stereocenters. The summed E-state index contributed by atoms with van der Waals surface area (Å²) >= 11 is 0. The molecule has 0 saturated carbocycles. The van der Waals surface area contributed by atoms with Crippen LogP contribution in [0.2, 0.25) is 0 Å². The van der Waals surface area contributed by atoms with Crippen molar-refractivity contribution in [2.75, 3.05) is 0 Å². The van der Waals surface area contributed by atoms with Gasteiger partial charge in [0, 0.05) is 11.6 Å². The second-order valence-corrected chi connectivity index (χ2v) is 6.59. The lowest BCUT2D eigenvalue weighted by atomic mass is 9.99. The van der Waals surface area contributed by atoms with Gasteiger partial charge < -0.3 is 9.52 Å². The number of fused-ring (bicyclic) bond motifs is 1. The Morgan fingerprint density at radius 1 is 0.769 bits per heavy atom. The van der Waals surface area contributed by atoms with E-state index in [0.29, 0.717) is 11.3 Å². The zero-order chi connectivity index (χ0) is 18.3. The van der Waals surface area contributed by atoms with E-state index in [1.165, 1.54) is 6.07 Å². The number of benzene rings is 3. The maximum Gasteiger partial charge on any atom is 0.197 e. The normalized spacial score (nSPS) is 11.0. The van der Waals surface area contributed by atoms with E-state index in [9.17, 15) is 9.90 Å². The summed E-state index contributed by atoms with van der Waals surface area (Å²) in [6.45, 7) is 4.07. The fourth-order valence-electron chi connectivity index (χ4n) is 3.32. The first-order chi connectivity index (χ1) is 12.5. The van der Waals surface area contributed by atoms with Gasteiger partial charge in [-0.25, -0.2) is 0 Å². The number of phenols is 1. The molecule has 0 aliphatic carbocycles. The van der Waals surface area contributed by atoms with Crippen LogP contribution in [0.5, 0.6) is 5.75 Å². The summed E-state index contributed by atoms with van der Waals surface area (Å²) in [7, 11) is 0. The van der Waals surface area contributed by atoms with E-state index in [1.807, 2.05) is 62.4 Å². The van der Waals surface area contributed by atoms with E-state index >= 15 is 0 Å². The van der Waals surface area contributed by atoms with Crippen LogP contribution in [-0.2, 0) is 0 Å². The molecule has 1 aromatic heterocycles. The molecule has 0 bridgehead atoms. The minimum atomic E-state index is -0.255. The van der Waals surface area contributed by atoms with Crippen LogP contribution in [0.15, 0.2) is 75.9 Å². The molecule has 0 saturated heterocycles. The van der Waals surface area contributed by atoms with Crippen LogP contribution in [0.25, 0.3) is 33.4 Å². The summed E-state index contributed by atoms with van der Waals surface area (Å²) in [5, 5.41) is 10.6. The van der Waals surface area contributed by atoms with Gasteiger partial charge in [-0.1, -0.05) is 59.7 Å². The molecule has 1 N–H and O–H groups in total. The molecular weight excluding hydrogens is 324 g/mol. The average Bonchev–Trinajstić information content (AvgIpc) is 2.61. The van der Waals surface area contributed by atoms with Crippen molar-refractivity contribution in [1.29, 1.82) is 0 Å². The molecule has 3 aromatic carbocycles. The molecule has 1 heterocycles. The molecule has 3 heteroatoms. The third-order valence-corrected chi connectivity index (χ3v) is 4.42. The van der Waals surface area contributed by atoms with E-state index in [4.69, 9.17) is 4.42 Å². The van der Waals surface area contributed by atoms with Gasteiger partial charge in [0.25, 0.3) is 0 Å². The minimum absolute atomic E-state index is 0.0648. The van der Waals surface area contributed by atoms with E-state index in [0.717, 1.165) is 27.8 Å². The summed E-state index contributed by atoms with van der Waals surface area (Å²) in [5.74, 6) is 0.421. The highest BCUT2D eigenvalue weighted by Gasteiger charge is 2.13. The van der Waals surface area contributed by atoms with Gasteiger partial charge in [-0.05, 0) is 37.1 Å². The van der Waals surface area contributed by atoms with Crippen LogP contribution in [-0.4, -0.2) is 5.11 Å². The predicted molar refractivity (Wildman–Crippen MR) is 104 cm³/mol. The smallest absolute Gasteiger partial charge is 0.197 e. The quantitative estimate of drug-likeness (QED) is 0.527. The first-order valence-corrected chi connectivity index (χ1v) is 8.46. The molecular formula is C23H18O3. The van der Waals surface area contributed by atoms with Gasteiger partial charge in [0.1, 0.15) is 22.5 Å². The molecule has 0 aliphatic rings. The Morgan fingerprint density at radius 3 is 2.12 bits per heavy atom. The number of aryl methyl sites for hydroxylation is 2. The van der Waals surface area contributed by atoms with Crippen molar-refractivity contribution >= 4 is 11.0 Å². The van der Waals surface area contributed by atoms with Crippen molar-refractivity contribution in [3.63, 3.8) is 0 Å². The van der Waals surface area contributed by atoms with Crippen molar-refractivity contribution in [2.45, 2.75) is 13.8 Å². The Balaban J connectivity index is 1.97. The van der Waals surface area contributed by atoms with Crippen LogP contribution in [0.3, 0.4) is 0 Å². The lowest BCUT2D eigenvalue weighted by Crippen LogP contribution is -2.01. The Kier molecular flexibility index (Phi) is 3.85. The number of hydrogen-bond donors (Lipinski definition) is 1. The average molecular weight is 342 g/mol. The van der Waals surface area contributed by atoms with Crippen LogP contribution in [0, 0.1) is 13.8 Å². The van der Waals surface area contributed by atoms with Gasteiger partial charge in [-0.15, -0.1) is 0 Å². The summed E-state index contributed by atoms with van der Waals surface area (Å²) in [4.78, 5) is 12.5. The van der Waals surface area contributed by atoms with Crippen molar-refractivity contribution < 1.29 is 9.52 Å². The van der Waals surface area contributed by atoms with Crippen LogP contribution in [0.4, 0.5) is 0 Å². The number of rotatable bonds is 2. The Hall–Kier alpha value is -3.33. The molecule has 0 atom stereocenters. The molecule has 4 aromatic rings. The van der Waals surface area contributed by atoms with E-state index in [1.54, 1.807) is 6.07 Å². The number of hydrogen-bond acceptors (Lipinski definition) is 3. The molecule has 0 fully saturated rings. The number of aromatic hydroxyl groups is 1. The Labute approximate surface area is 151 Å². The second kappa shape index (κ2) is 6.19. The molecule has 4 rings (SSSR count). The van der Waals surface area contributed by atoms with Crippen molar-refractivity contribution in [2.24, 2.45) is 0 Å². The fourth-order valence-corrected chi connectivity index (χ4v) is 3.32. The van der Waals surface area contributed by atoms with Gasteiger partial charge >= 0.3 is 0 Å². The molecule has 0 radical (unpaired) electrons. The lowest BCUT2D eigenvalue weighted by Gasteiger charge is -2.09. The predicted octanol–water partition coefficient (Wildman–Crippen LogP) is 5.45. The third kappa shape index (κ3) is 2.88. The lowest BCUT2D eigenvalue weighted by molar-refractivity contribution is 0.480. The van der Waals surface area contributed by atoms with Gasteiger partial charge in [0.05, 0.1) is 0 Å². The van der Waals surface area contributed by atoms with E-state index < -0.39 is 0 Å². The number of phenolic OH excluding ortho intramolecular Hbond substituents is 1. The monoisotopic (exact) mass is 342 g/mol. The van der Waals surface area contributed by atoms with Gasteiger partial charge in [0.2, 0.25) is 0 Å². The van der Waals surface area contributed by atoms with Crippen molar-refractivity contribution in [3.8, 4) is 28.2 Å². The summed E-state index contributed by atoms with van der Waals surface area (Å²) in [6, 6.07) is 20.5. The standard InChI is InChI=1S/C23H18O3/c1-14-8-15(2)10-17(9-14)18-11-19(24)23-20(25)13-21(26-22(23)12-18)16-6-4-3-5-7-16/h3-13,24H,1-2H3. The van der Waals surface area contributed by atoms with Crippen molar-refractivity contribution in [1.82, 2.24) is 0 Å². The fraction of sp³-hybridized carbons (Fsp3) is 0.0870. The molecule has 0 amide bonds. The van der Waals surface area contributed by atoms with Crippen LogP contribution < -0.4 is 5.43 Å². The third-order valence-electron chi connectivity index (χ3n) is 4.42. The van der Waals surface area contributed by atoms with Gasteiger partial charge in [-0.3, -0.25) is 4.79 Å². The highest BCUT2D eigenvalue weighted by Crippen LogP contribution is 2.33. The van der Waals surface area contributed by atoms with Crippen LogP contribution in [0.1, 0.15) is 11.1 Å². The molecule has 0 spiro atoms. The summed E-state index contributed by atoms with van der Waals surface area (Å²) in [5.41, 5.74) is 5.02. The summed E-state index contributed by atoms with van der Waals surface area (Å²) < 4.78 is 5.97. The molecule has 128 valence electrons. The highest BCUT2D eigenvalue weighted by molar-refractivity contribution is 5.89. The van der Waals surface area contributed by atoms with E-state index in [2.05, 4.69) is 6.07 Å². The second-order valence-electron chi connectivity index (χ2n) is 6.59. The van der Waals surface area contributed by atoms with Crippen LogP contribution >= 0.6 is 0 Å². The molecule has 26 heavy (non-hydrogen) atoms. The first-order valence-electron chi connectivity index (χ1n) is 8.46. The Bertz CT molecular complexity index is 1150. The van der Waals surface area contributed by atoms with E-state index in [-0.39, 0.29) is 16.6 Å². The maximum absolute atomic E-state index is 12.5. The zero-order valence-electron chi connectivity index (χ0n) is 14.6. The molecule has 0 aliphatic heterocycles. The van der Waals surface area contributed by atoms with Gasteiger partial charge in [0.15, 0.2) is 5.43 Å². The summed E-state index contributed by atoms with van der Waals surface area (Å²) in [6.07, 6.45) is 0. The molecule has 3 nitrogen and oxygen atoms in total. The van der Waals surface area contributed by atoms with Crippen molar-refractivity contribution in [3.05, 3.63) is 88.1 Å². The maximum atomic E-state index is 12.5. The topological polar surface area (TPSA) is 50.4 Å². The first kappa shape index (κ1) is 16.2. The zero-order valence-corrected chi connectivity index (χ0v) is 14.6. The largest absolute Gasteiger partial charge is 0.507 e.